The Balaban J connectivity index is 1.93. The minimum absolute atomic E-state index is 0.00232. The summed E-state index contributed by atoms with van der Waals surface area (Å²) in [5.74, 6) is -0.677. The molecule has 234 valence electrons. The minimum Gasteiger partial charge on any atom is -0.445 e. The Kier molecular flexibility index (Phi) is 13.9. The van der Waals surface area contributed by atoms with Crippen molar-refractivity contribution < 1.29 is 28.7 Å². The van der Waals surface area contributed by atoms with E-state index in [9.17, 15) is 24.0 Å². The van der Waals surface area contributed by atoms with Crippen molar-refractivity contribution in [1.29, 1.82) is 0 Å². The number of urea groups is 1. The number of ether oxygens (including phenoxy) is 1. The molecule has 1 aromatic rings. The van der Waals surface area contributed by atoms with Gasteiger partial charge in [0.2, 0.25) is 11.8 Å². The fourth-order valence-electron chi connectivity index (χ4n) is 4.27. The molecule has 13 nitrogen and oxygen atoms in total. The zero-order valence-electron chi connectivity index (χ0n) is 25.3. The largest absolute Gasteiger partial charge is 0.445 e. The molecule has 1 aromatic carbocycles. The predicted molar refractivity (Wildman–Crippen MR) is 163 cm³/mol. The van der Waals surface area contributed by atoms with E-state index in [2.05, 4.69) is 21.3 Å². The molecule has 0 aromatic heterocycles. The molecular formula is C28H45N7O6S. The van der Waals surface area contributed by atoms with Crippen LogP contribution in [0.1, 0.15) is 46.1 Å². The Morgan fingerprint density at radius 3 is 2.26 bits per heavy atom. The van der Waals surface area contributed by atoms with Gasteiger partial charge in [0.1, 0.15) is 12.6 Å². The van der Waals surface area contributed by atoms with E-state index < -0.39 is 30.1 Å². The third-order valence-corrected chi connectivity index (χ3v) is 7.42. The number of amides is 6. The number of carbonyl (C=O) groups is 5. The van der Waals surface area contributed by atoms with Gasteiger partial charge in [-0.1, -0.05) is 51.6 Å². The van der Waals surface area contributed by atoms with Gasteiger partial charge in [0.05, 0.1) is 12.1 Å². The van der Waals surface area contributed by atoms with Crippen LogP contribution in [0.25, 0.3) is 0 Å². The fourth-order valence-corrected chi connectivity index (χ4v) is 4.71. The van der Waals surface area contributed by atoms with E-state index >= 15 is 0 Å². The quantitative estimate of drug-likeness (QED) is 0.200. The number of thioether (sulfide) groups is 1. The van der Waals surface area contributed by atoms with Crippen molar-refractivity contribution in [1.82, 2.24) is 25.8 Å². The lowest BCUT2D eigenvalue weighted by atomic mass is 10.0. The zero-order valence-corrected chi connectivity index (χ0v) is 26.1. The number of primary amides is 1. The predicted octanol–water partition coefficient (Wildman–Crippen LogP) is 2.32. The highest BCUT2D eigenvalue weighted by Crippen LogP contribution is 2.19. The third kappa shape index (κ3) is 11.0. The van der Waals surface area contributed by atoms with E-state index in [-0.39, 0.29) is 48.7 Å². The number of anilines is 1. The van der Waals surface area contributed by atoms with Crippen molar-refractivity contribution in [3.05, 3.63) is 29.8 Å². The van der Waals surface area contributed by atoms with Crippen LogP contribution < -0.4 is 27.0 Å². The van der Waals surface area contributed by atoms with E-state index in [0.29, 0.717) is 25.2 Å². The number of likely N-dealkylation sites (tertiary alicyclic amines) is 1. The molecule has 0 saturated carbocycles. The average Bonchev–Trinajstić information content (AvgIpc) is 2.90. The Morgan fingerprint density at radius 2 is 1.71 bits per heavy atom. The third-order valence-electron chi connectivity index (χ3n) is 6.78. The van der Waals surface area contributed by atoms with Crippen molar-refractivity contribution in [3.8, 4) is 0 Å². The summed E-state index contributed by atoms with van der Waals surface area (Å²) >= 11 is 1.13. The molecule has 1 saturated heterocycles. The molecule has 2 atom stereocenters. The second-order valence-corrected chi connectivity index (χ2v) is 11.7. The highest BCUT2D eigenvalue weighted by molar-refractivity contribution is 8.12. The molecule has 1 fully saturated rings. The zero-order chi connectivity index (χ0) is 31.4. The SMILES string of the molecule is CSC(=O)N(C)C1CN(C(=O)OCc2ccc(NC(=O)[C@H](CCCNC(N)=O)NC(=O)[C@@H](NC(C)C)C(C)C)cc2)C1. The summed E-state index contributed by atoms with van der Waals surface area (Å²) in [5.41, 5.74) is 6.37. The Bertz CT molecular complexity index is 1080. The van der Waals surface area contributed by atoms with Crippen molar-refractivity contribution in [2.75, 3.05) is 38.3 Å². The number of nitrogens with two attached hydrogens (primary N) is 1. The monoisotopic (exact) mass is 607 g/mol. The smallest absolute Gasteiger partial charge is 0.410 e. The van der Waals surface area contributed by atoms with Crippen LogP contribution in [-0.2, 0) is 20.9 Å². The van der Waals surface area contributed by atoms with E-state index in [4.69, 9.17) is 10.5 Å². The van der Waals surface area contributed by atoms with Gasteiger partial charge in [-0.05, 0) is 42.7 Å². The molecule has 6 N–H and O–H groups in total. The van der Waals surface area contributed by atoms with Crippen molar-refractivity contribution in [2.45, 2.75) is 71.3 Å². The number of carbonyl (C=O) groups excluding carboxylic acids is 5. The van der Waals surface area contributed by atoms with Crippen LogP contribution in [-0.4, -0.2) is 96.1 Å². The minimum atomic E-state index is -0.839. The lowest BCUT2D eigenvalue weighted by Crippen LogP contribution is -2.60. The number of benzene rings is 1. The summed E-state index contributed by atoms with van der Waals surface area (Å²) in [5, 5.41) is 11.4. The maximum atomic E-state index is 13.2. The Morgan fingerprint density at radius 1 is 1.07 bits per heavy atom. The van der Waals surface area contributed by atoms with Crippen LogP contribution in [0.3, 0.4) is 0 Å². The maximum Gasteiger partial charge on any atom is 0.410 e. The summed E-state index contributed by atoms with van der Waals surface area (Å²) < 4.78 is 5.39. The highest BCUT2D eigenvalue weighted by atomic mass is 32.2. The fraction of sp³-hybridized carbons (Fsp3) is 0.607. The van der Waals surface area contributed by atoms with E-state index in [1.807, 2.05) is 27.7 Å². The standard InChI is InChI=1S/C28H45N7O6S/c1-17(2)23(31-18(3)4)25(37)33-22(8-7-13-30-26(29)38)24(36)32-20-11-9-19(10-12-20)16-41-27(39)35-14-21(15-35)34(5)28(40)42-6/h9-12,17-18,21-23,31H,7-8,13-16H2,1-6H3,(H,32,36)(H,33,37)(H3,29,30,38)/t22-,23-/m0/s1. The average molecular weight is 608 g/mol. The topological polar surface area (TPSA) is 175 Å². The van der Waals surface area contributed by atoms with Gasteiger partial charge in [-0.25, -0.2) is 9.59 Å². The first-order valence-electron chi connectivity index (χ1n) is 14.0. The van der Waals surface area contributed by atoms with Gasteiger partial charge in [-0.3, -0.25) is 14.4 Å². The second-order valence-electron chi connectivity index (χ2n) is 10.9. The summed E-state index contributed by atoms with van der Waals surface area (Å²) in [6.07, 6.45) is 1.98. The lowest BCUT2D eigenvalue weighted by Gasteiger charge is -2.42. The van der Waals surface area contributed by atoms with Crippen LogP contribution in [0.4, 0.5) is 20.1 Å². The van der Waals surface area contributed by atoms with Crippen molar-refractivity contribution in [2.24, 2.45) is 11.7 Å². The van der Waals surface area contributed by atoms with Gasteiger partial charge in [0.25, 0.3) is 5.24 Å². The molecule has 0 aliphatic carbocycles. The first-order valence-corrected chi connectivity index (χ1v) is 15.3. The van der Waals surface area contributed by atoms with Gasteiger partial charge in [0, 0.05) is 38.4 Å². The van der Waals surface area contributed by atoms with Crippen LogP contribution in [0.5, 0.6) is 0 Å². The molecule has 14 heteroatoms. The van der Waals surface area contributed by atoms with E-state index in [1.54, 1.807) is 42.5 Å². The van der Waals surface area contributed by atoms with Gasteiger partial charge < -0.3 is 41.5 Å². The van der Waals surface area contributed by atoms with Gasteiger partial charge in [-0.2, -0.15) is 0 Å². The van der Waals surface area contributed by atoms with Gasteiger partial charge in [0.15, 0.2) is 0 Å². The molecule has 6 amide bonds. The van der Waals surface area contributed by atoms with Gasteiger partial charge >= 0.3 is 12.1 Å². The summed E-state index contributed by atoms with van der Waals surface area (Å²) in [6.45, 7) is 8.93. The molecule has 1 heterocycles. The molecule has 2 rings (SSSR count). The molecule has 0 radical (unpaired) electrons. The summed E-state index contributed by atoms with van der Waals surface area (Å²) in [7, 11) is 1.72. The van der Waals surface area contributed by atoms with Crippen LogP contribution in [0, 0.1) is 5.92 Å². The number of rotatable bonds is 14. The Labute approximate surface area is 252 Å². The first-order chi connectivity index (χ1) is 19.8. The van der Waals surface area contributed by atoms with Crippen molar-refractivity contribution >= 4 is 46.6 Å². The number of nitrogens with zero attached hydrogens (tertiary/aromatic N) is 2. The molecular weight excluding hydrogens is 562 g/mol. The number of nitrogens with one attached hydrogen (secondary N) is 4. The van der Waals surface area contributed by atoms with Crippen molar-refractivity contribution in [3.63, 3.8) is 0 Å². The molecule has 1 aliphatic heterocycles. The van der Waals surface area contributed by atoms with Gasteiger partial charge in [-0.15, -0.1) is 0 Å². The van der Waals surface area contributed by atoms with Crippen LogP contribution >= 0.6 is 11.8 Å². The molecule has 1 aliphatic rings. The molecule has 0 spiro atoms. The first kappa shape index (κ1) is 34.7. The summed E-state index contributed by atoms with van der Waals surface area (Å²) in [4.78, 5) is 64.5. The summed E-state index contributed by atoms with van der Waals surface area (Å²) in [6, 6.07) is 4.93. The maximum absolute atomic E-state index is 13.2. The van der Waals surface area contributed by atoms with E-state index in [0.717, 1.165) is 17.3 Å². The molecule has 0 bridgehead atoms. The molecule has 42 heavy (non-hydrogen) atoms. The number of hydrogen-bond donors (Lipinski definition) is 5. The van der Waals surface area contributed by atoms with Crippen LogP contribution in [0.15, 0.2) is 24.3 Å². The van der Waals surface area contributed by atoms with Crippen LogP contribution in [0.2, 0.25) is 0 Å². The molecule has 0 unspecified atom stereocenters. The normalized spacial score (nSPS) is 14.5. The second kappa shape index (κ2) is 16.8. The van der Waals surface area contributed by atoms with E-state index in [1.165, 1.54) is 4.90 Å². The number of likely N-dealkylation sites (N-methyl/N-ethyl adjacent to an activating group) is 1. The highest BCUT2D eigenvalue weighted by Gasteiger charge is 2.36. The lowest BCUT2D eigenvalue weighted by molar-refractivity contribution is -0.129. The Hall–Kier alpha value is -3.52. The number of hydrogen-bond acceptors (Lipinski definition) is 8.